The highest BCUT2D eigenvalue weighted by atomic mass is 15.0. The second-order valence-electron chi connectivity index (χ2n) is 9.71. The summed E-state index contributed by atoms with van der Waals surface area (Å²) in [5.41, 5.74) is 16.8. The zero-order chi connectivity index (χ0) is 24.4. The summed E-state index contributed by atoms with van der Waals surface area (Å²) < 4.78 is 0. The van der Waals surface area contributed by atoms with Crippen LogP contribution in [0.3, 0.4) is 0 Å². The molecule has 0 spiro atoms. The summed E-state index contributed by atoms with van der Waals surface area (Å²) in [5, 5.41) is 6.17. The van der Waals surface area contributed by atoms with Gasteiger partial charge in [0.05, 0.1) is 22.4 Å². The lowest BCUT2D eigenvalue weighted by Gasteiger charge is -2.26. The minimum Gasteiger partial charge on any atom is -0.343 e. The SMILES string of the molecule is CC1=Nc2c(C)c(C)c(C)c3c(C)c(C)c(C)c(c23)N1.Cc1nc2c(C)c(C)c(C)cc2[nH]1. The van der Waals surface area contributed by atoms with Crippen LogP contribution in [0, 0.1) is 69.2 Å². The molecular weight excluding hydrogens is 404 g/mol. The summed E-state index contributed by atoms with van der Waals surface area (Å²) in [4.78, 5) is 12.5. The Hall–Kier alpha value is -3.14. The molecule has 0 radical (unpaired) electrons. The number of hydrogen-bond acceptors (Lipinski definition) is 3. The van der Waals surface area contributed by atoms with Gasteiger partial charge in [0, 0.05) is 5.39 Å². The molecule has 0 saturated heterocycles. The Bertz CT molecular complexity index is 1470. The van der Waals surface area contributed by atoms with E-state index in [-0.39, 0.29) is 0 Å². The van der Waals surface area contributed by atoms with Gasteiger partial charge in [-0.2, -0.15) is 0 Å². The van der Waals surface area contributed by atoms with E-state index in [0.29, 0.717) is 0 Å². The van der Waals surface area contributed by atoms with Crippen LogP contribution in [-0.4, -0.2) is 15.8 Å². The monoisotopic (exact) mass is 440 g/mol. The van der Waals surface area contributed by atoms with E-state index in [1.807, 2.05) is 13.8 Å². The van der Waals surface area contributed by atoms with Crippen molar-refractivity contribution in [3.63, 3.8) is 0 Å². The fourth-order valence-electron chi connectivity index (χ4n) is 5.07. The fraction of sp³-hybridized carbons (Fsp3) is 0.379. The lowest BCUT2D eigenvalue weighted by molar-refractivity contribution is 1.17. The van der Waals surface area contributed by atoms with Crippen molar-refractivity contribution < 1.29 is 0 Å². The lowest BCUT2D eigenvalue weighted by Crippen LogP contribution is -2.14. The summed E-state index contributed by atoms with van der Waals surface area (Å²) in [6.07, 6.45) is 0. The average molecular weight is 441 g/mol. The normalized spacial score (nSPS) is 12.5. The van der Waals surface area contributed by atoms with Gasteiger partial charge >= 0.3 is 0 Å². The highest BCUT2D eigenvalue weighted by Gasteiger charge is 2.23. The summed E-state index contributed by atoms with van der Waals surface area (Å²) in [6.45, 7) is 23.7. The fourth-order valence-corrected chi connectivity index (χ4v) is 5.07. The third-order valence-electron chi connectivity index (χ3n) is 7.77. The van der Waals surface area contributed by atoms with Gasteiger partial charge in [-0.15, -0.1) is 0 Å². The third-order valence-corrected chi connectivity index (χ3v) is 7.77. The van der Waals surface area contributed by atoms with Crippen molar-refractivity contribution in [2.24, 2.45) is 4.99 Å². The van der Waals surface area contributed by atoms with Crippen molar-refractivity contribution in [1.29, 1.82) is 0 Å². The molecule has 0 saturated carbocycles. The quantitative estimate of drug-likeness (QED) is 0.291. The van der Waals surface area contributed by atoms with Gasteiger partial charge in [-0.05, 0) is 138 Å². The van der Waals surface area contributed by atoms with Crippen LogP contribution in [0.25, 0.3) is 21.8 Å². The molecule has 0 fully saturated rings. The van der Waals surface area contributed by atoms with E-state index >= 15 is 0 Å². The predicted molar refractivity (Wildman–Crippen MR) is 144 cm³/mol. The average Bonchev–Trinajstić information content (AvgIpc) is 3.14. The van der Waals surface area contributed by atoms with Gasteiger partial charge in [0.15, 0.2) is 0 Å². The number of rotatable bonds is 0. The Morgan fingerprint density at radius 2 is 1.21 bits per heavy atom. The topological polar surface area (TPSA) is 53.1 Å². The van der Waals surface area contributed by atoms with Gasteiger partial charge in [0.25, 0.3) is 0 Å². The zero-order valence-electron chi connectivity index (χ0n) is 22.0. The maximum atomic E-state index is 4.78. The Kier molecular flexibility index (Phi) is 5.60. The molecule has 0 atom stereocenters. The molecule has 5 rings (SSSR count). The molecule has 1 aliphatic rings. The van der Waals surface area contributed by atoms with Crippen LogP contribution < -0.4 is 5.32 Å². The van der Waals surface area contributed by atoms with Gasteiger partial charge in [-0.1, -0.05) is 0 Å². The maximum Gasteiger partial charge on any atom is 0.104 e. The van der Waals surface area contributed by atoms with Crippen molar-refractivity contribution in [2.75, 3.05) is 5.32 Å². The number of aryl methyl sites for hydroxylation is 5. The number of fused-ring (bicyclic) bond motifs is 1. The lowest BCUT2D eigenvalue weighted by atomic mass is 9.86. The van der Waals surface area contributed by atoms with Crippen molar-refractivity contribution in [2.45, 2.75) is 76.2 Å². The number of imidazole rings is 1. The van der Waals surface area contributed by atoms with Crippen molar-refractivity contribution in [3.05, 3.63) is 62.0 Å². The zero-order valence-corrected chi connectivity index (χ0v) is 22.0. The molecule has 0 amide bonds. The van der Waals surface area contributed by atoms with E-state index in [1.54, 1.807) is 0 Å². The first-order valence-corrected chi connectivity index (χ1v) is 11.7. The minimum absolute atomic E-state index is 0.983. The summed E-state index contributed by atoms with van der Waals surface area (Å²) in [7, 11) is 0. The molecule has 172 valence electrons. The van der Waals surface area contributed by atoms with Gasteiger partial charge in [-0.3, -0.25) is 0 Å². The van der Waals surface area contributed by atoms with E-state index in [2.05, 4.69) is 83.7 Å². The highest BCUT2D eigenvalue weighted by molar-refractivity contribution is 6.17. The van der Waals surface area contributed by atoms with E-state index < -0.39 is 0 Å². The van der Waals surface area contributed by atoms with Gasteiger partial charge < -0.3 is 10.3 Å². The minimum atomic E-state index is 0.983. The van der Waals surface area contributed by atoms with Gasteiger partial charge in [0.1, 0.15) is 11.7 Å². The van der Waals surface area contributed by atoms with E-state index in [1.165, 1.54) is 66.5 Å². The molecule has 33 heavy (non-hydrogen) atoms. The number of anilines is 1. The van der Waals surface area contributed by atoms with Crippen LogP contribution in [0.15, 0.2) is 11.1 Å². The van der Waals surface area contributed by atoms with Gasteiger partial charge in [0.2, 0.25) is 0 Å². The molecule has 3 aromatic carbocycles. The smallest absolute Gasteiger partial charge is 0.104 e. The molecule has 4 heteroatoms. The van der Waals surface area contributed by atoms with Crippen LogP contribution in [0.2, 0.25) is 0 Å². The number of aromatic nitrogens is 2. The summed E-state index contributed by atoms with van der Waals surface area (Å²) in [6, 6.07) is 2.16. The molecule has 4 nitrogen and oxygen atoms in total. The maximum absolute atomic E-state index is 4.78. The molecular formula is C29H36N4. The third kappa shape index (κ3) is 3.52. The number of nitrogens with one attached hydrogen (secondary N) is 2. The molecule has 0 bridgehead atoms. The number of amidine groups is 1. The largest absolute Gasteiger partial charge is 0.343 e. The number of aliphatic imine (C=N–C) groups is 1. The molecule has 0 aliphatic carbocycles. The number of hydrogen-bond donors (Lipinski definition) is 2. The highest BCUT2D eigenvalue weighted by Crippen LogP contribution is 2.45. The predicted octanol–water partition coefficient (Wildman–Crippen LogP) is 7.96. The number of aromatic amines is 1. The molecule has 2 heterocycles. The van der Waals surface area contributed by atoms with Crippen molar-refractivity contribution in [3.8, 4) is 0 Å². The first kappa shape index (κ1) is 23.0. The first-order chi connectivity index (χ1) is 15.4. The van der Waals surface area contributed by atoms with Crippen LogP contribution in [0.5, 0.6) is 0 Å². The molecule has 0 unspecified atom stereocenters. The second kappa shape index (κ2) is 8.02. The number of H-pyrrole nitrogens is 1. The van der Waals surface area contributed by atoms with E-state index in [4.69, 9.17) is 4.99 Å². The number of benzene rings is 3. The Morgan fingerprint density at radius 3 is 1.85 bits per heavy atom. The molecule has 4 aromatic rings. The molecule has 2 N–H and O–H groups in total. The Balaban J connectivity index is 0.000000172. The van der Waals surface area contributed by atoms with Crippen LogP contribution in [-0.2, 0) is 0 Å². The second-order valence-corrected chi connectivity index (χ2v) is 9.71. The van der Waals surface area contributed by atoms with E-state index in [9.17, 15) is 0 Å². The Morgan fingerprint density at radius 1 is 0.606 bits per heavy atom. The van der Waals surface area contributed by atoms with Crippen LogP contribution in [0.4, 0.5) is 11.4 Å². The van der Waals surface area contributed by atoms with Crippen molar-refractivity contribution >= 4 is 39.0 Å². The number of nitrogens with zero attached hydrogens (tertiary/aromatic N) is 2. The summed E-state index contributed by atoms with van der Waals surface area (Å²) in [5.74, 6) is 1.97. The van der Waals surface area contributed by atoms with E-state index in [0.717, 1.165) is 28.4 Å². The van der Waals surface area contributed by atoms with Gasteiger partial charge in [-0.25, -0.2) is 9.98 Å². The standard InChI is InChI=1S/C18H22N2.C11H14N2/c1-8-10(3)15-11(4)9(2)13(6)18-16(15)17(12(8)5)19-14(7)20-18;1-6-5-10-11(8(3)7(6)2)13-9(4)12-10/h1-7H3,(H,19,20);5H,1-4H3,(H,12,13). The van der Waals surface area contributed by atoms with Crippen LogP contribution in [0.1, 0.15) is 62.8 Å². The Labute approximate surface area is 197 Å². The van der Waals surface area contributed by atoms with Crippen LogP contribution >= 0.6 is 0 Å². The summed E-state index contributed by atoms with van der Waals surface area (Å²) >= 11 is 0. The molecule has 1 aliphatic heterocycles. The molecule has 1 aromatic heterocycles. The van der Waals surface area contributed by atoms with Crippen molar-refractivity contribution in [1.82, 2.24) is 9.97 Å². The first-order valence-electron chi connectivity index (χ1n) is 11.7.